The fourth-order valence-corrected chi connectivity index (χ4v) is 3.47. The minimum absolute atomic E-state index is 0.224. The van der Waals surface area contributed by atoms with Gasteiger partial charge in [-0.1, -0.05) is 38.1 Å². The maximum Gasteiger partial charge on any atom is 0.338 e. The molecule has 1 aromatic carbocycles. The van der Waals surface area contributed by atoms with Crippen molar-refractivity contribution in [2.45, 2.75) is 50.4 Å². The van der Waals surface area contributed by atoms with Gasteiger partial charge >= 0.3 is 5.97 Å². The lowest BCUT2D eigenvalue weighted by Crippen LogP contribution is -2.25. The van der Waals surface area contributed by atoms with Gasteiger partial charge in [-0.05, 0) is 38.0 Å². The Labute approximate surface area is 168 Å². The van der Waals surface area contributed by atoms with Crippen molar-refractivity contribution in [2.24, 2.45) is 0 Å². The van der Waals surface area contributed by atoms with Crippen LogP contribution in [-0.2, 0) is 16.0 Å². The Balaban J connectivity index is 2.11. The van der Waals surface area contributed by atoms with Crippen LogP contribution in [0.15, 0.2) is 40.3 Å². The summed E-state index contributed by atoms with van der Waals surface area (Å²) in [6.07, 6.45) is 2.14. The first-order valence-electron chi connectivity index (χ1n) is 9.31. The molecule has 0 spiro atoms. The van der Waals surface area contributed by atoms with Crippen LogP contribution in [0.25, 0.3) is 0 Å². The first-order chi connectivity index (χ1) is 13.5. The lowest BCUT2D eigenvalue weighted by Gasteiger charge is -2.15. The van der Waals surface area contributed by atoms with Crippen molar-refractivity contribution in [3.63, 3.8) is 0 Å². The van der Waals surface area contributed by atoms with E-state index in [9.17, 15) is 14.4 Å². The predicted molar refractivity (Wildman–Crippen MR) is 110 cm³/mol. The van der Waals surface area contributed by atoms with Gasteiger partial charge in [0, 0.05) is 17.4 Å². The number of thioether (sulfide) groups is 1. The van der Waals surface area contributed by atoms with E-state index in [2.05, 4.69) is 15.3 Å². The van der Waals surface area contributed by atoms with Gasteiger partial charge in [-0.25, -0.2) is 9.78 Å². The fourth-order valence-electron chi connectivity index (χ4n) is 2.54. The van der Waals surface area contributed by atoms with Gasteiger partial charge in [0.15, 0.2) is 5.16 Å². The Bertz CT molecular complexity index is 882. The Hall–Kier alpha value is -2.61. The molecular weight excluding hydrogens is 378 g/mol. The van der Waals surface area contributed by atoms with Crippen LogP contribution in [0.4, 0.5) is 5.69 Å². The van der Waals surface area contributed by atoms with Crippen LogP contribution in [0.2, 0.25) is 0 Å². The van der Waals surface area contributed by atoms with Crippen LogP contribution in [0.1, 0.15) is 49.7 Å². The van der Waals surface area contributed by atoms with E-state index in [0.717, 1.165) is 6.42 Å². The molecule has 0 radical (unpaired) electrons. The van der Waals surface area contributed by atoms with Crippen molar-refractivity contribution in [2.75, 3.05) is 11.9 Å². The summed E-state index contributed by atoms with van der Waals surface area (Å²) in [5.41, 5.74) is 1.37. The molecule has 1 atom stereocenters. The summed E-state index contributed by atoms with van der Waals surface area (Å²) in [5, 5.41) is 2.81. The molecule has 7 nitrogen and oxygen atoms in total. The highest BCUT2D eigenvalue weighted by Crippen LogP contribution is 2.23. The third-order valence-corrected chi connectivity index (χ3v) is 5.09. The van der Waals surface area contributed by atoms with Gasteiger partial charge in [0.05, 0.1) is 17.4 Å². The highest BCUT2D eigenvalue weighted by atomic mass is 32.2. The number of carbonyl (C=O) groups is 2. The number of nitrogens with zero attached hydrogens (tertiary/aromatic N) is 1. The number of carbonyl (C=O) groups excluding carboxylic acids is 2. The van der Waals surface area contributed by atoms with E-state index < -0.39 is 11.2 Å². The zero-order valence-electron chi connectivity index (χ0n) is 16.3. The monoisotopic (exact) mass is 403 g/mol. The van der Waals surface area contributed by atoms with Crippen LogP contribution in [-0.4, -0.2) is 33.7 Å². The second kappa shape index (κ2) is 10.7. The van der Waals surface area contributed by atoms with E-state index in [1.54, 1.807) is 31.2 Å². The number of aryl methyl sites for hydroxylation is 1. The van der Waals surface area contributed by atoms with Gasteiger partial charge in [0.1, 0.15) is 0 Å². The van der Waals surface area contributed by atoms with Crippen LogP contribution in [0.5, 0.6) is 0 Å². The van der Waals surface area contributed by atoms with Crippen molar-refractivity contribution >= 4 is 29.3 Å². The van der Waals surface area contributed by atoms with Gasteiger partial charge in [0.25, 0.3) is 5.56 Å². The molecule has 1 unspecified atom stereocenters. The summed E-state index contributed by atoms with van der Waals surface area (Å²) < 4.78 is 4.98. The van der Waals surface area contributed by atoms with Gasteiger partial charge in [-0.15, -0.1) is 0 Å². The quantitative estimate of drug-likeness (QED) is 0.378. The number of nitrogens with one attached hydrogen (secondary N) is 2. The summed E-state index contributed by atoms with van der Waals surface area (Å²) in [5.74, 6) is -0.661. The summed E-state index contributed by atoms with van der Waals surface area (Å²) in [7, 11) is 0. The van der Waals surface area contributed by atoms with E-state index >= 15 is 0 Å². The summed E-state index contributed by atoms with van der Waals surface area (Å²) in [6, 6.07) is 8.08. The molecule has 8 heteroatoms. The molecule has 0 aliphatic rings. The number of rotatable bonds is 9. The Morgan fingerprint density at radius 1 is 1.25 bits per heavy atom. The van der Waals surface area contributed by atoms with Gasteiger partial charge < -0.3 is 15.0 Å². The average molecular weight is 404 g/mol. The molecule has 1 amide bonds. The molecular formula is C20H25N3O4S. The third kappa shape index (κ3) is 6.23. The van der Waals surface area contributed by atoms with Crippen molar-refractivity contribution in [1.29, 1.82) is 0 Å². The van der Waals surface area contributed by atoms with Gasteiger partial charge in [-0.2, -0.15) is 0 Å². The Morgan fingerprint density at radius 2 is 2.04 bits per heavy atom. The van der Waals surface area contributed by atoms with E-state index in [1.165, 1.54) is 17.8 Å². The van der Waals surface area contributed by atoms with Crippen molar-refractivity contribution < 1.29 is 14.3 Å². The van der Waals surface area contributed by atoms with Crippen LogP contribution in [0, 0.1) is 0 Å². The number of aromatic nitrogens is 2. The van der Waals surface area contributed by atoms with Crippen LogP contribution in [0.3, 0.4) is 0 Å². The second-order valence-corrected chi connectivity index (χ2v) is 7.29. The molecule has 0 saturated carbocycles. The standard InChI is InChI=1S/C20H25N3O4S/c1-4-8-14-12-17(24)23-20(22-14)28-16(5-2)18(25)21-15-10-7-9-13(11-15)19(26)27-6-3/h7,9-12,16H,4-6,8H2,1-3H3,(H,21,25)(H,22,23,24). The molecule has 2 rings (SSSR count). The average Bonchev–Trinajstić information content (AvgIpc) is 2.66. The van der Waals surface area contributed by atoms with E-state index in [4.69, 9.17) is 4.74 Å². The number of hydrogen-bond acceptors (Lipinski definition) is 6. The van der Waals surface area contributed by atoms with Gasteiger partial charge in [-0.3, -0.25) is 9.59 Å². The SMILES string of the molecule is CCCc1cc(=O)[nH]c(SC(CC)C(=O)Nc2cccc(C(=O)OCC)c2)n1. The van der Waals surface area contributed by atoms with Gasteiger partial charge in [0.2, 0.25) is 5.91 Å². The number of benzene rings is 1. The molecule has 1 heterocycles. The molecule has 0 aliphatic carbocycles. The number of aromatic amines is 1. The van der Waals surface area contributed by atoms with Crippen molar-refractivity contribution in [1.82, 2.24) is 9.97 Å². The van der Waals surface area contributed by atoms with Crippen LogP contribution < -0.4 is 10.9 Å². The highest BCUT2D eigenvalue weighted by molar-refractivity contribution is 8.00. The molecule has 2 N–H and O–H groups in total. The Kier molecular flexibility index (Phi) is 8.25. The first kappa shape index (κ1) is 21.7. The maximum atomic E-state index is 12.7. The molecule has 1 aromatic heterocycles. The lowest BCUT2D eigenvalue weighted by molar-refractivity contribution is -0.115. The number of hydrogen-bond donors (Lipinski definition) is 2. The molecule has 2 aromatic rings. The van der Waals surface area contributed by atoms with Crippen molar-refractivity contribution in [3.05, 3.63) is 51.9 Å². The van der Waals surface area contributed by atoms with E-state index in [-0.39, 0.29) is 18.1 Å². The minimum Gasteiger partial charge on any atom is -0.462 e. The third-order valence-electron chi connectivity index (χ3n) is 3.84. The molecule has 0 fully saturated rings. The smallest absolute Gasteiger partial charge is 0.338 e. The summed E-state index contributed by atoms with van der Waals surface area (Å²) in [4.78, 5) is 43.5. The summed E-state index contributed by atoms with van der Waals surface area (Å²) in [6.45, 7) is 5.93. The molecule has 150 valence electrons. The topological polar surface area (TPSA) is 101 Å². The van der Waals surface area contributed by atoms with E-state index in [1.807, 2.05) is 13.8 Å². The number of ether oxygens (including phenoxy) is 1. The lowest BCUT2D eigenvalue weighted by atomic mass is 10.2. The van der Waals surface area contributed by atoms with Crippen molar-refractivity contribution in [3.8, 4) is 0 Å². The second-order valence-electron chi connectivity index (χ2n) is 6.10. The van der Waals surface area contributed by atoms with E-state index in [0.29, 0.717) is 34.9 Å². The normalized spacial score (nSPS) is 11.7. The molecule has 0 aliphatic heterocycles. The predicted octanol–water partition coefficient (Wildman–Crippen LogP) is 3.41. The fraction of sp³-hybridized carbons (Fsp3) is 0.400. The maximum absolute atomic E-state index is 12.7. The largest absolute Gasteiger partial charge is 0.462 e. The summed E-state index contributed by atoms with van der Waals surface area (Å²) >= 11 is 1.22. The number of esters is 1. The Morgan fingerprint density at radius 3 is 2.71 bits per heavy atom. The highest BCUT2D eigenvalue weighted by Gasteiger charge is 2.20. The minimum atomic E-state index is -0.439. The molecule has 0 saturated heterocycles. The number of amides is 1. The molecule has 0 bridgehead atoms. The zero-order valence-corrected chi connectivity index (χ0v) is 17.1. The first-order valence-corrected chi connectivity index (χ1v) is 10.2. The number of H-pyrrole nitrogens is 1. The zero-order chi connectivity index (χ0) is 20.5. The molecule has 28 heavy (non-hydrogen) atoms. The number of anilines is 1. The van der Waals surface area contributed by atoms with Crippen LogP contribution >= 0.6 is 11.8 Å².